The van der Waals surface area contributed by atoms with Crippen molar-refractivity contribution in [3.8, 4) is 0 Å². The van der Waals surface area contributed by atoms with Gasteiger partial charge in [-0.05, 0) is 49.2 Å². The number of sulfonamides is 1. The van der Waals surface area contributed by atoms with Crippen LogP contribution >= 0.6 is 0 Å². The number of carbonyl (C=O) groups is 3. The zero-order chi connectivity index (χ0) is 20.8. The molecule has 1 unspecified atom stereocenters. The number of primary sulfonamides is 1. The Morgan fingerprint density at radius 3 is 2.41 bits per heavy atom. The standard InChI is InChI=1S/C19H19N3O6S/c20-29(26,27)15-7-5-13(6-8-15)22-17(23)10-16(19(22)25)21(18(24)12-3-4-12)11-14-2-1-9-28-14/h1-2,5-9,12,16H,3-4,10-11H2,(H2,20,26,27). The highest BCUT2D eigenvalue weighted by molar-refractivity contribution is 7.89. The minimum atomic E-state index is -3.89. The Balaban J connectivity index is 1.60. The van der Waals surface area contributed by atoms with Gasteiger partial charge in [0.1, 0.15) is 11.8 Å². The largest absolute Gasteiger partial charge is 0.467 e. The van der Waals surface area contributed by atoms with E-state index in [0.717, 1.165) is 17.7 Å². The number of benzene rings is 1. The summed E-state index contributed by atoms with van der Waals surface area (Å²) in [5.41, 5.74) is 0.228. The maximum absolute atomic E-state index is 13.1. The molecule has 1 aliphatic carbocycles. The van der Waals surface area contributed by atoms with E-state index < -0.39 is 27.9 Å². The van der Waals surface area contributed by atoms with Crippen LogP contribution in [0.15, 0.2) is 52.0 Å². The van der Waals surface area contributed by atoms with Crippen molar-refractivity contribution in [3.05, 3.63) is 48.4 Å². The molecule has 0 radical (unpaired) electrons. The van der Waals surface area contributed by atoms with Crippen molar-refractivity contribution in [2.45, 2.75) is 36.7 Å². The Kier molecular flexibility index (Phi) is 4.75. The molecule has 1 atom stereocenters. The van der Waals surface area contributed by atoms with Crippen molar-refractivity contribution in [2.75, 3.05) is 4.90 Å². The van der Waals surface area contributed by atoms with E-state index in [1.807, 2.05) is 0 Å². The predicted octanol–water partition coefficient (Wildman–Crippen LogP) is 0.998. The summed E-state index contributed by atoms with van der Waals surface area (Å²) in [5, 5.41) is 5.08. The van der Waals surface area contributed by atoms with Crippen LogP contribution in [0.5, 0.6) is 0 Å². The number of imide groups is 1. The first-order valence-corrected chi connectivity index (χ1v) is 10.6. The average molecular weight is 417 g/mol. The van der Waals surface area contributed by atoms with E-state index in [4.69, 9.17) is 9.56 Å². The third-order valence-corrected chi connectivity index (χ3v) is 5.97. The van der Waals surface area contributed by atoms with Crippen LogP contribution in [0.3, 0.4) is 0 Å². The van der Waals surface area contributed by atoms with Crippen molar-refractivity contribution < 1.29 is 27.2 Å². The van der Waals surface area contributed by atoms with E-state index >= 15 is 0 Å². The highest BCUT2D eigenvalue weighted by atomic mass is 32.2. The molecule has 1 aromatic heterocycles. The molecule has 0 spiro atoms. The van der Waals surface area contributed by atoms with Crippen LogP contribution in [0.25, 0.3) is 0 Å². The van der Waals surface area contributed by atoms with E-state index in [-0.39, 0.29) is 35.4 Å². The number of furan rings is 1. The molecule has 9 nitrogen and oxygen atoms in total. The lowest BCUT2D eigenvalue weighted by atomic mass is 10.1. The summed E-state index contributed by atoms with van der Waals surface area (Å²) in [6.07, 6.45) is 2.87. The molecule has 3 amide bonds. The highest BCUT2D eigenvalue weighted by Crippen LogP contribution is 2.35. The number of amides is 3. The van der Waals surface area contributed by atoms with Gasteiger partial charge in [0, 0.05) is 5.92 Å². The Morgan fingerprint density at radius 2 is 1.86 bits per heavy atom. The van der Waals surface area contributed by atoms with Crippen LogP contribution in [0.4, 0.5) is 5.69 Å². The first-order chi connectivity index (χ1) is 13.8. The zero-order valence-corrected chi connectivity index (χ0v) is 16.2. The third-order valence-electron chi connectivity index (χ3n) is 5.04. The molecule has 2 fully saturated rings. The minimum Gasteiger partial charge on any atom is -0.467 e. The van der Waals surface area contributed by atoms with E-state index in [2.05, 4.69) is 0 Å². The van der Waals surface area contributed by atoms with E-state index in [1.54, 1.807) is 12.1 Å². The molecule has 1 aromatic carbocycles. The topological polar surface area (TPSA) is 131 Å². The van der Waals surface area contributed by atoms with Gasteiger partial charge in [0.15, 0.2) is 0 Å². The summed E-state index contributed by atoms with van der Waals surface area (Å²) in [6, 6.07) is 7.62. The van der Waals surface area contributed by atoms with Crippen molar-refractivity contribution in [2.24, 2.45) is 11.1 Å². The second-order valence-electron chi connectivity index (χ2n) is 7.15. The first-order valence-electron chi connectivity index (χ1n) is 9.08. The molecule has 10 heteroatoms. The van der Waals surface area contributed by atoms with Gasteiger partial charge in [-0.2, -0.15) is 0 Å². The van der Waals surface area contributed by atoms with Crippen LogP contribution in [0, 0.1) is 5.92 Å². The van der Waals surface area contributed by atoms with Gasteiger partial charge in [-0.1, -0.05) is 0 Å². The normalized spacial score (nSPS) is 19.6. The van der Waals surface area contributed by atoms with Gasteiger partial charge in [-0.15, -0.1) is 0 Å². The van der Waals surface area contributed by atoms with Crippen molar-refractivity contribution >= 4 is 33.4 Å². The van der Waals surface area contributed by atoms with Crippen molar-refractivity contribution in [1.29, 1.82) is 0 Å². The summed E-state index contributed by atoms with van der Waals surface area (Å²) in [7, 11) is -3.89. The van der Waals surface area contributed by atoms with Gasteiger partial charge in [0.05, 0.1) is 29.8 Å². The number of carbonyl (C=O) groups excluding carboxylic acids is 3. The maximum Gasteiger partial charge on any atom is 0.257 e. The number of hydrogen-bond acceptors (Lipinski definition) is 6. The van der Waals surface area contributed by atoms with Crippen LogP contribution in [0.1, 0.15) is 25.0 Å². The van der Waals surface area contributed by atoms with E-state index in [0.29, 0.717) is 5.76 Å². The van der Waals surface area contributed by atoms with Crippen LogP contribution in [-0.2, 0) is 31.0 Å². The smallest absolute Gasteiger partial charge is 0.257 e. The van der Waals surface area contributed by atoms with E-state index in [9.17, 15) is 22.8 Å². The number of nitrogens with two attached hydrogens (primary N) is 1. The molecular weight excluding hydrogens is 398 g/mol. The SMILES string of the molecule is NS(=O)(=O)c1ccc(N2C(=O)CC(N(Cc3ccco3)C(=O)C3CC3)C2=O)cc1. The van der Waals surface area contributed by atoms with Crippen LogP contribution < -0.4 is 10.0 Å². The third kappa shape index (κ3) is 3.81. The first kappa shape index (κ1) is 19.3. The minimum absolute atomic E-state index is 0.101. The van der Waals surface area contributed by atoms with Crippen LogP contribution in [-0.4, -0.2) is 37.1 Å². The molecule has 1 saturated carbocycles. The lowest BCUT2D eigenvalue weighted by molar-refractivity contribution is -0.140. The summed E-state index contributed by atoms with van der Waals surface area (Å²) in [6.45, 7) is 0.101. The summed E-state index contributed by atoms with van der Waals surface area (Å²) < 4.78 is 28.1. The maximum atomic E-state index is 13.1. The molecule has 0 bridgehead atoms. The van der Waals surface area contributed by atoms with Crippen molar-refractivity contribution in [1.82, 2.24) is 4.90 Å². The fraction of sp³-hybridized carbons (Fsp3) is 0.316. The van der Waals surface area contributed by atoms with Gasteiger partial charge in [-0.3, -0.25) is 14.4 Å². The van der Waals surface area contributed by atoms with Gasteiger partial charge in [0.25, 0.3) is 5.91 Å². The summed E-state index contributed by atoms with van der Waals surface area (Å²) in [5.74, 6) is -0.763. The number of hydrogen-bond donors (Lipinski definition) is 1. The Bertz CT molecular complexity index is 1060. The molecule has 2 heterocycles. The molecule has 152 valence electrons. The molecule has 2 aromatic rings. The number of rotatable bonds is 6. The van der Waals surface area contributed by atoms with Crippen molar-refractivity contribution in [3.63, 3.8) is 0 Å². The highest BCUT2D eigenvalue weighted by Gasteiger charge is 2.47. The molecule has 29 heavy (non-hydrogen) atoms. The van der Waals surface area contributed by atoms with Crippen LogP contribution in [0.2, 0.25) is 0 Å². The fourth-order valence-electron chi connectivity index (χ4n) is 3.39. The van der Waals surface area contributed by atoms with E-state index in [1.165, 1.54) is 35.4 Å². The summed E-state index contributed by atoms with van der Waals surface area (Å²) in [4.78, 5) is 40.7. The lowest BCUT2D eigenvalue weighted by Crippen LogP contribution is -2.45. The van der Waals surface area contributed by atoms with Gasteiger partial charge in [-0.25, -0.2) is 18.5 Å². The monoisotopic (exact) mass is 417 g/mol. The second kappa shape index (κ2) is 7.12. The van der Waals surface area contributed by atoms with Gasteiger partial charge < -0.3 is 9.32 Å². The predicted molar refractivity (Wildman–Crippen MR) is 101 cm³/mol. The molecule has 1 aliphatic heterocycles. The second-order valence-corrected chi connectivity index (χ2v) is 8.71. The lowest BCUT2D eigenvalue weighted by Gasteiger charge is -2.27. The number of nitrogens with zero attached hydrogens (tertiary/aromatic N) is 2. The Labute approximate surface area is 167 Å². The molecule has 2 aliphatic rings. The fourth-order valence-corrected chi connectivity index (χ4v) is 3.91. The quantitative estimate of drug-likeness (QED) is 0.698. The number of anilines is 1. The average Bonchev–Trinajstić information content (AvgIpc) is 3.32. The van der Waals surface area contributed by atoms with Gasteiger partial charge in [0.2, 0.25) is 21.8 Å². The molecule has 2 N–H and O–H groups in total. The Morgan fingerprint density at radius 1 is 1.17 bits per heavy atom. The zero-order valence-electron chi connectivity index (χ0n) is 15.4. The molecular formula is C19H19N3O6S. The van der Waals surface area contributed by atoms with Gasteiger partial charge >= 0.3 is 0 Å². The molecule has 4 rings (SSSR count). The Hall–Kier alpha value is -2.98. The molecule has 1 saturated heterocycles. The summed E-state index contributed by atoms with van der Waals surface area (Å²) >= 11 is 0.